The predicted molar refractivity (Wildman–Crippen MR) is 172 cm³/mol. The smallest absolute Gasteiger partial charge is 0.416 e. The lowest BCUT2D eigenvalue weighted by Gasteiger charge is -2.19. The van der Waals surface area contributed by atoms with Gasteiger partial charge in [-0.05, 0) is 96.3 Å². The van der Waals surface area contributed by atoms with Crippen molar-refractivity contribution in [2.45, 2.75) is 51.4 Å². The van der Waals surface area contributed by atoms with E-state index in [1.54, 1.807) is 48.0 Å². The number of fused-ring (bicyclic) bond motifs is 1. The first-order chi connectivity index (χ1) is 23.4. The van der Waals surface area contributed by atoms with Gasteiger partial charge in [0, 0.05) is 43.8 Å². The van der Waals surface area contributed by atoms with E-state index < -0.39 is 23.6 Å². The molecule has 49 heavy (non-hydrogen) atoms. The highest BCUT2D eigenvalue weighted by Crippen LogP contribution is 2.53. The molecule has 11 nitrogen and oxygen atoms in total. The number of nitriles is 1. The summed E-state index contributed by atoms with van der Waals surface area (Å²) < 4.78 is 51.2. The first-order valence-corrected chi connectivity index (χ1v) is 16.0. The van der Waals surface area contributed by atoms with E-state index in [0.29, 0.717) is 52.0 Å². The fourth-order valence-electron chi connectivity index (χ4n) is 6.86. The van der Waals surface area contributed by atoms with Gasteiger partial charge in [-0.25, -0.2) is 0 Å². The number of nitrogens with zero attached hydrogens (tertiary/aromatic N) is 7. The van der Waals surface area contributed by atoms with E-state index in [0.717, 1.165) is 32.4 Å². The molecule has 3 aliphatic rings. The molecule has 252 valence electrons. The van der Waals surface area contributed by atoms with Gasteiger partial charge in [-0.2, -0.15) is 23.4 Å². The summed E-state index contributed by atoms with van der Waals surface area (Å²) in [4.78, 5) is 33.2. The number of carbonyl (C=O) groups is 2. The maximum absolute atomic E-state index is 14.5. The van der Waals surface area contributed by atoms with Crippen molar-refractivity contribution in [1.82, 2.24) is 24.6 Å². The lowest BCUT2D eigenvalue weighted by Crippen LogP contribution is -2.24. The molecular weight excluding hydrogens is 637 g/mol. The highest BCUT2D eigenvalue weighted by atomic mass is 19.4. The molecule has 2 N–H and O–H groups in total. The van der Waals surface area contributed by atoms with E-state index in [9.17, 15) is 28.0 Å². The van der Waals surface area contributed by atoms with Gasteiger partial charge in [0.1, 0.15) is 12.1 Å². The maximum Gasteiger partial charge on any atom is 0.416 e. The van der Waals surface area contributed by atoms with Crippen LogP contribution in [0.1, 0.15) is 64.7 Å². The third-order valence-corrected chi connectivity index (χ3v) is 9.58. The molecule has 0 unspecified atom stereocenters. The molecule has 2 aromatic carbocycles. The monoisotopic (exact) mass is 670 g/mol. The molecule has 14 heteroatoms. The highest BCUT2D eigenvalue weighted by Gasteiger charge is 2.48. The van der Waals surface area contributed by atoms with E-state index >= 15 is 0 Å². The van der Waals surface area contributed by atoms with Crippen LogP contribution in [0.5, 0.6) is 5.88 Å². The molecule has 2 aliphatic heterocycles. The average Bonchev–Trinajstić information content (AvgIpc) is 3.32. The van der Waals surface area contributed by atoms with Crippen LogP contribution in [0.4, 0.5) is 19.0 Å². The number of nitrogens with two attached hydrogens (primary N) is 1. The Balaban J connectivity index is 1.29. The molecule has 1 aliphatic carbocycles. The number of amides is 2. The van der Waals surface area contributed by atoms with E-state index in [1.807, 2.05) is 0 Å². The molecule has 2 fully saturated rings. The molecule has 0 atom stereocenters. The number of ether oxygens (including phenoxy) is 1. The number of rotatable bonds is 10. The number of hydrogen-bond acceptors (Lipinski definition) is 8. The van der Waals surface area contributed by atoms with Crippen molar-refractivity contribution in [3.05, 3.63) is 76.6 Å². The summed E-state index contributed by atoms with van der Waals surface area (Å²) in [5.74, 6) is -0.457. The van der Waals surface area contributed by atoms with Crippen molar-refractivity contribution in [2.24, 2.45) is 18.2 Å². The number of anilines is 1. The Morgan fingerprint density at radius 2 is 1.92 bits per heavy atom. The fraction of sp³-hybridized carbons (Fsp3) is 0.371. The summed E-state index contributed by atoms with van der Waals surface area (Å²) in [6, 6.07) is 13.1. The number of likely N-dealkylation sites (tertiary alicyclic amines) is 1. The normalized spacial score (nSPS) is 16.6. The summed E-state index contributed by atoms with van der Waals surface area (Å²) in [5.41, 5.74) is 7.07. The molecule has 7 rings (SSSR count). The van der Waals surface area contributed by atoms with Gasteiger partial charge in [0.2, 0.25) is 11.8 Å². The minimum atomic E-state index is -4.67. The molecular formula is C35H33F3N8O3. The van der Waals surface area contributed by atoms with Gasteiger partial charge in [0.05, 0.1) is 30.3 Å². The number of primary amides is 1. The number of aromatic nitrogens is 4. The lowest BCUT2D eigenvalue weighted by molar-refractivity contribution is -0.138. The molecule has 0 radical (unpaired) electrons. The van der Waals surface area contributed by atoms with E-state index in [1.165, 1.54) is 17.3 Å². The van der Waals surface area contributed by atoms with Crippen LogP contribution >= 0.6 is 0 Å². The van der Waals surface area contributed by atoms with Crippen molar-refractivity contribution >= 4 is 17.6 Å². The van der Waals surface area contributed by atoms with E-state index in [-0.39, 0.29) is 42.4 Å². The Hall–Kier alpha value is -5.29. The quantitative estimate of drug-likeness (QED) is 0.226. The zero-order valence-electron chi connectivity index (χ0n) is 26.8. The first-order valence-electron chi connectivity index (χ1n) is 16.0. The second kappa shape index (κ2) is 12.3. The predicted octanol–water partition coefficient (Wildman–Crippen LogP) is 5.23. The first kappa shape index (κ1) is 32.3. The van der Waals surface area contributed by atoms with Crippen LogP contribution in [-0.4, -0.2) is 56.2 Å². The molecule has 1 saturated heterocycles. The third kappa shape index (κ3) is 6.46. The zero-order valence-corrected chi connectivity index (χ0v) is 26.8. The molecule has 0 bridgehead atoms. The number of alkyl halides is 3. The van der Waals surface area contributed by atoms with Crippen molar-refractivity contribution < 1.29 is 27.5 Å². The Kier molecular flexibility index (Phi) is 8.10. The van der Waals surface area contributed by atoms with E-state index in [2.05, 4.69) is 26.2 Å². The van der Waals surface area contributed by atoms with Crippen molar-refractivity contribution in [2.75, 3.05) is 24.6 Å². The Labute approximate surface area is 280 Å². The van der Waals surface area contributed by atoms with Gasteiger partial charge in [0.25, 0.3) is 5.91 Å². The van der Waals surface area contributed by atoms with Crippen LogP contribution in [0.15, 0.2) is 48.8 Å². The molecule has 1 saturated carbocycles. The second-order valence-corrected chi connectivity index (χ2v) is 13.1. The topological polar surface area (TPSA) is 143 Å². The van der Waals surface area contributed by atoms with Crippen LogP contribution in [-0.2, 0) is 31.1 Å². The number of pyridine rings is 1. The Morgan fingerprint density at radius 3 is 2.59 bits per heavy atom. The zero-order chi connectivity index (χ0) is 34.5. The lowest BCUT2D eigenvalue weighted by atomic mass is 9.97. The Morgan fingerprint density at radius 1 is 1.10 bits per heavy atom. The molecule has 4 heterocycles. The number of benzene rings is 2. The van der Waals surface area contributed by atoms with Crippen LogP contribution in [0.3, 0.4) is 0 Å². The summed E-state index contributed by atoms with van der Waals surface area (Å²) in [6.45, 7) is 1.74. The van der Waals surface area contributed by atoms with Crippen LogP contribution in [0.2, 0.25) is 0 Å². The standard InChI is InChI=1S/C35H33F3N8O3/c1-44-20-41-43-32(44)24-5-4-21(16-39)11-25(24)23-14-30(42-31(15-23)49-10-2-3-29(40)47)46-18-27-26(33(46)48)12-22(13-28(27)35(36,37)38)17-45-9-8-34(19-45)6-7-34/h4-5,11-15,20H,2-3,6-10,17-19H2,1H3,(H2,40,47). The van der Waals surface area contributed by atoms with Gasteiger partial charge in [-0.15, -0.1) is 10.2 Å². The second-order valence-electron chi connectivity index (χ2n) is 13.1. The fourth-order valence-corrected chi connectivity index (χ4v) is 6.86. The van der Waals surface area contributed by atoms with E-state index in [4.69, 9.17) is 10.5 Å². The van der Waals surface area contributed by atoms with Gasteiger partial charge in [0.15, 0.2) is 5.82 Å². The number of halogens is 3. The largest absolute Gasteiger partial charge is 0.478 e. The SMILES string of the molecule is Cn1cnnc1-c1ccc(C#N)cc1-c1cc(OCCCC(N)=O)nc(N2Cc3c(cc(CN4CCC5(CC5)C4)cc3C(F)(F)F)C2=O)c1. The number of aryl methyl sites for hydroxylation is 1. The van der Waals surface area contributed by atoms with Crippen LogP contribution in [0.25, 0.3) is 22.5 Å². The summed E-state index contributed by atoms with van der Waals surface area (Å²) in [7, 11) is 1.77. The highest BCUT2D eigenvalue weighted by molar-refractivity contribution is 6.10. The number of carbonyl (C=O) groups excluding carboxylic acids is 2. The molecule has 2 amide bonds. The van der Waals surface area contributed by atoms with Crippen molar-refractivity contribution in [3.63, 3.8) is 0 Å². The summed E-state index contributed by atoms with van der Waals surface area (Å²) >= 11 is 0. The molecule has 2 aromatic heterocycles. The maximum atomic E-state index is 14.5. The minimum absolute atomic E-state index is 0.00691. The summed E-state index contributed by atoms with van der Waals surface area (Å²) in [5, 5.41) is 17.9. The average molecular weight is 671 g/mol. The third-order valence-electron chi connectivity index (χ3n) is 9.58. The molecule has 4 aromatic rings. The van der Waals surface area contributed by atoms with Gasteiger partial charge in [-0.3, -0.25) is 19.4 Å². The van der Waals surface area contributed by atoms with Gasteiger partial charge < -0.3 is 15.0 Å². The van der Waals surface area contributed by atoms with Crippen molar-refractivity contribution in [3.8, 4) is 34.5 Å². The summed E-state index contributed by atoms with van der Waals surface area (Å²) in [6.07, 6.45) is 0.579. The minimum Gasteiger partial charge on any atom is -0.478 e. The Bertz CT molecular complexity index is 2010. The molecule has 1 spiro atoms. The van der Waals surface area contributed by atoms with Crippen molar-refractivity contribution in [1.29, 1.82) is 5.26 Å². The number of hydrogen-bond donors (Lipinski definition) is 1. The van der Waals surface area contributed by atoms with Gasteiger partial charge >= 0.3 is 6.18 Å². The van der Waals surface area contributed by atoms with Crippen LogP contribution in [0, 0.1) is 16.7 Å². The van der Waals surface area contributed by atoms with Crippen LogP contribution < -0.4 is 15.4 Å². The van der Waals surface area contributed by atoms with Gasteiger partial charge in [-0.1, -0.05) is 0 Å².